The molecular weight excluding hydrogens is 174 g/mol. The summed E-state index contributed by atoms with van der Waals surface area (Å²) in [6, 6.07) is 0. The number of guanidine groups is 1. The second-order valence-electron chi connectivity index (χ2n) is 3.64. The SMILES string of the molecule is CCCCCCNC(=N)NCCCC. The highest BCUT2D eigenvalue weighted by Gasteiger charge is 1.93. The molecule has 14 heavy (non-hydrogen) atoms. The fourth-order valence-corrected chi connectivity index (χ4v) is 1.22. The van der Waals surface area contributed by atoms with Crippen LogP contribution in [0.25, 0.3) is 0 Å². The second-order valence-corrected chi connectivity index (χ2v) is 3.64. The average Bonchev–Trinajstić information content (AvgIpc) is 2.18. The predicted molar refractivity (Wildman–Crippen MR) is 62.8 cm³/mol. The zero-order chi connectivity index (χ0) is 10.6. The molecule has 0 spiro atoms. The lowest BCUT2D eigenvalue weighted by atomic mass is 10.2. The predicted octanol–water partition coefficient (Wildman–Crippen LogP) is 2.48. The molecule has 3 nitrogen and oxygen atoms in total. The first kappa shape index (κ1) is 13.3. The van der Waals surface area contributed by atoms with E-state index in [1.54, 1.807) is 0 Å². The third-order valence-corrected chi connectivity index (χ3v) is 2.16. The van der Waals surface area contributed by atoms with E-state index in [9.17, 15) is 0 Å². The summed E-state index contributed by atoms with van der Waals surface area (Å²) < 4.78 is 0. The number of hydrogen-bond acceptors (Lipinski definition) is 1. The van der Waals surface area contributed by atoms with Crippen LogP contribution < -0.4 is 10.6 Å². The van der Waals surface area contributed by atoms with Gasteiger partial charge in [0, 0.05) is 13.1 Å². The van der Waals surface area contributed by atoms with E-state index in [1.807, 2.05) is 0 Å². The molecule has 84 valence electrons. The molecule has 0 aliphatic heterocycles. The average molecular weight is 199 g/mol. The van der Waals surface area contributed by atoms with Gasteiger partial charge in [0.25, 0.3) is 0 Å². The molecule has 3 N–H and O–H groups in total. The monoisotopic (exact) mass is 199 g/mol. The van der Waals surface area contributed by atoms with Gasteiger partial charge in [0.2, 0.25) is 0 Å². The maximum absolute atomic E-state index is 7.53. The zero-order valence-corrected chi connectivity index (χ0v) is 9.66. The van der Waals surface area contributed by atoms with E-state index in [0.29, 0.717) is 5.96 Å². The highest BCUT2D eigenvalue weighted by Crippen LogP contribution is 1.96. The molecule has 0 aromatic carbocycles. The van der Waals surface area contributed by atoms with Gasteiger partial charge in [-0.25, -0.2) is 0 Å². The Morgan fingerprint density at radius 2 is 1.43 bits per heavy atom. The van der Waals surface area contributed by atoms with Crippen LogP contribution in [0.15, 0.2) is 0 Å². The van der Waals surface area contributed by atoms with Gasteiger partial charge in [-0.15, -0.1) is 0 Å². The molecule has 0 heterocycles. The van der Waals surface area contributed by atoms with E-state index >= 15 is 0 Å². The third-order valence-electron chi connectivity index (χ3n) is 2.16. The lowest BCUT2D eigenvalue weighted by Crippen LogP contribution is -2.37. The maximum atomic E-state index is 7.53. The lowest BCUT2D eigenvalue weighted by molar-refractivity contribution is 0.643. The van der Waals surface area contributed by atoms with E-state index in [0.717, 1.165) is 19.5 Å². The topological polar surface area (TPSA) is 47.9 Å². The van der Waals surface area contributed by atoms with Crippen molar-refractivity contribution < 1.29 is 0 Å². The Bertz CT molecular complexity index is 134. The Hall–Kier alpha value is -0.730. The van der Waals surface area contributed by atoms with Gasteiger partial charge in [0.1, 0.15) is 0 Å². The van der Waals surface area contributed by atoms with Crippen molar-refractivity contribution in [3.63, 3.8) is 0 Å². The van der Waals surface area contributed by atoms with Crippen molar-refractivity contribution in [3.8, 4) is 0 Å². The van der Waals surface area contributed by atoms with Crippen LogP contribution in [0.5, 0.6) is 0 Å². The summed E-state index contributed by atoms with van der Waals surface area (Å²) in [6.45, 7) is 6.21. The van der Waals surface area contributed by atoms with Crippen molar-refractivity contribution in [1.29, 1.82) is 5.41 Å². The Kier molecular flexibility index (Phi) is 9.81. The first-order chi connectivity index (χ1) is 6.81. The highest BCUT2D eigenvalue weighted by molar-refractivity contribution is 5.76. The number of rotatable bonds is 8. The first-order valence-electron chi connectivity index (χ1n) is 5.87. The number of hydrogen-bond donors (Lipinski definition) is 3. The standard InChI is InChI=1S/C11H25N3/c1-3-5-7-8-10-14-11(12)13-9-6-4-2/h3-10H2,1-2H3,(H3,12,13,14). The van der Waals surface area contributed by atoms with Gasteiger partial charge in [-0.3, -0.25) is 5.41 Å². The summed E-state index contributed by atoms with van der Waals surface area (Å²) in [6.07, 6.45) is 7.33. The van der Waals surface area contributed by atoms with Crippen LogP contribution in [0.4, 0.5) is 0 Å². The summed E-state index contributed by atoms with van der Waals surface area (Å²) in [5, 5.41) is 13.6. The van der Waals surface area contributed by atoms with Crippen LogP contribution in [0.2, 0.25) is 0 Å². The number of unbranched alkanes of at least 4 members (excludes halogenated alkanes) is 4. The molecule has 0 atom stereocenters. The van der Waals surface area contributed by atoms with Crippen molar-refractivity contribution in [2.45, 2.75) is 52.4 Å². The normalized spacial score (nSPS) is 9.86. The fourth-order valence-electron chi connectivity index (χ4n) is 1.22. The second kappa shape index (κ2) is 10.4. The van der Waals surface area contributed by atoms with Crippen molar-refractivity contribution in [2.24, 2.45) is 0 Å². The Balaban J connectivity index is 3.10. The van der Waals surface area contributed by atoms with E-state index in [4.69, 9.17) is 5.41 Å². The Labute approximate surface area is 88.2 Å². The molecule has 0 aliphatic rings. The van der Waals surface area contributed by atoms with Crippen LogP contribution in [-0.2, 0) is 0 Å². The molecule has 0 aliphatic carbocycles. The van der Waals surface area contributed by atoms with E-state index < -0.39 is 0 Å². The summed E-state index contributed by atoms with van der Waals surface area (Å²) in [7, 11) is 0. The Morgan fingerprint density at radius 1 is 0.857 bits per heavy atom. The minimum absolute atomic E-state index is 0.481. The van der Waals surface area contributed by atoms with Crippen LogP contribution in [0.1, 0.15) is 52.4 Å². The minimum Gasteiger partial charge on any atom is -0.357 e. The van der Waals surface area contributed by atoms with Crippen molar-refractivity contribution in [1.82, 2.24) is 10.6 Å². The van der Waals surface area contributed by atoms with E-state index in [2.05, 4.69) is 24.5 Å². The molecule has 0 unspecified atom stereocenters. The maximum Gasteiger partial charge on any atom is 0.188 e. The van der Waals surface area contributed by atoms with Gasteiger partial charge >= 0.3 is 0 Å². The highest BCUT2D eigenvalue weighted by atomic mass is 15.1. The van der Waals surface area contributed by atoms with Crippen molar-refractivity contribution in [3.05, 3.63) is 0 Å². The molecule has 0 saturated carbocycles. The lowest BCUT2D eigenvalue weighted by Gasteiger charge is -2.09. The largest absolute Gasteiger partial charge is 0.357 e. The van der Waals surface area contributed by atoms with Gasteiger partial charge in [-0.2, -0.15) is 0 Å². The Morgan fingerprint density at radius 3 is 2.00 bits per heavy atom. The number of nitrogens with one attached hydrogen (secondary N) is 3. The van der Waals surface area contributed by atoms with E-state index in [1.165, 1.54) is 32.1 Å². The smallest absolute Gasteiger partial charge is 0.188 e. The van der Waals surface area contributed by atoms with Gasteiger partial charge in [0.05, 0.1) is 0 Å². The van der Waals surface area contributed by atoms with Crippen LogP contribution >= 0.6 is 0 Å². The van der Waals surface area contributed by atoms with Crippen molar-refractivity contribution >= 4 is 5.96 Å². The van der Waals surface area contributed by atoms with Gasteiger partial charge in [-0.1, -0.05) is 39.5 Å². The summed E-state index contributed by atoms with van der Waals surface area (Å²) in [4.78, 5) is 0. The van der Waals surface area contributed by atoms with Crippen LogP contribution in [-0.4, -0.2) is 19.0 Å². The minimum atomic E-state index is 0.481. The van der Waals surface area contributed by atoms with Gasteiger partial charge in [-0.05, 0) is 12.8 Å². The molecule has 0 radical (unpaired) electrons. The van der Waals surface area contributed by atoms with Crippen LogP contribution in [0.3, 0.4) is 0 Å². The van der Waals surface area contributed by atoms with Crippen LogP contribution in [0, 0.1) is 5.41 Å². The summed E-state index contributed by atoms with van der Waals surface area (Å²) in [5.41, 5.74) is 0. The zero-order valence-electron chi connectivity index (χ0n) is 9.66. The first-order valence-corrected chi connectivity index (χ1v) is 5.87. The van der Waals surface area contributed by atoms with Crippen molar-refractivity contribution in [2.75, 3.05) is 13.1 Å². The van der Waals surface area contributed by atoms with E-state index in [-0.39, 0.29) is 0 Å². The van der Waals surface area contributed by atoms with Gasteiger partial charge < -0.3 is 10.6 Å². The molecule has 0 bridgehead atoms. The molecule has 3 heteroatoms. The molecule has 0 fully saturated rings. The molecule has 0 amide bonds. The summed E-state index contributed by atoms with van der Waals surface area (Å²) in [5.74, 6) is 0.481. The molecule has 0 aromatic heterocycles. The molecule has 0 saturated heterocycles. The quantitative estimate of drug-likeness (QED) is 0.319. The fraction of sp³-hybridized carbons (Fsp3) is 0.909. The molecular formula is C11H25N3. The summed E-state index contributed by atoms with van der Waals surface area (Å²) >= 11 is 0. The van der Waals surface area contributed by atoms with Gasteiger partial charge in [0.15, 0.2) is 5.96 Å². The third kappa shape index (κ3) is 9.36. The molecule has 0 rings (SSSR count). The molecule has 0 aromatic rings.